The topological polar surface area (TPSA) is 17.8 Å². The molecule has 0 amide bonds. The number of imidazole rings is 1. The van der Waals surface area contributed by atoms with Gasteiger partial charge in [-0.25, -0.2) is 9.37 Å². The molecule has 2 rings (SSSR count). The molecular formula is C11H10BrFN2. The van der Waals surface area contributed by atoms with Crippen molar-refractivity contribution in [3.8, 4) is 0 Å². The first kappa shape index (κ1) is 10.4. The molecule has 0 spiro atoms. The summed E-state index contributed by atoms with van der Waals surface area (Å²) in [6.07, 6.45) is 3.62. The second-order valence-corrected chi connectivity index (χ2v) is 3.82. The van der Waals surface area contributed by atoms with Gasteiger partial charge >= 0.3 is 0 Å². The molecule has 1 aromatic carbocycles. The average Bonchev–Trinajstić information content (AvgIpc) is 2.69. The summed E-state index contributed by atoms with van der Waals surface area (Å²) in [7, 11) is 0. The number of aromatic nitrogens is 2. The van der Waals surface area contributed by atoms with Gasteiger partial charge in [-0.15, -0.1) is 0 Å². The summed E-state index contributed by atoms with van der Waals surface area (Å²) < 4.78 is 15.2. The van der Waals surface area contributed by atoms with Crippen molar-refractivity contribution in [1.82, 2.24) is 9.55 Å². The fourth-order valence-electron chi connectivity index (χ4n) is 1.39. The zero-order valence-electron chi connectivity index (χ0n) is 8.03. The third-order valence-corrected chi connectivity index (χ3v) is 2.71. The Morgan fingerprint density at radius 2 is 2.13 bits per heavy atom. The Morgan fingerprint density at radius 3 is 2.80 bits per heavy atom. The van der Waals surface area contributed by atoms with Crippen LogP contribution in [0.2, 0.25) is 0 Å². The maximum Gasteiger partial charge on any atom is 0.128 e. The lowest BCUT2D eigenvalue weighted by Gasteiger charge is -2.02. The van der Waals surface area contributed by atoms with Crippen molar-refractivity contribution in [2.45, 2.75) is 11.9 Å². The van der Waals surface area contributed by atoms with Crippen LogP contribution in [0.25, 0.3) is 0 Å². The molecule has 0 aliphatic heterocycles. The van der Waals surface area contributed by atoms with Gasteiger partial charge in [-0.2, -0.15) is 0 Å². The van der Waals surface area contributed by atoms with E-state index in [2.05, 4.69) is 20.9 Å². The highest BCUT2D eigenvalue weighted by Gasteiger charge is 2.02. The third kappa shape index (κ3) is 2.45. The maximum atomic E-state index is 13.3. The summed E-state index contributed by atoms with van der Waals surface area (Å²) in [6.45, 7) is 0.521. The molecule has 0 atom stereocenters. The molecule has 0 fully saturated rings. The van der Waals surface area contributed by atoms with Crippen molar-refractivity contribution in [3.63, 3.8) is 0 Å². The number of rotatable bonds is 3. The second kappa shape index (κ2) is 4.57. The molecule has 1 aromatic heterocycles. The Bertz CT molecular complexity index is 453. The zero-order chi connectivity index (χ0) is 10.7. The molecule has 0 unspecified atom stereocenters. The van der Waals surface area contributed by atoms with Crippen molar-refractivity contribution in [2.75, 3.05) is 0 Å². The third-order valence-electron chi connectivity index (χ3n) is 2.13. The Labute approximate surface area is 95.9 Å². The predicted molar refractivity (Wildman–Crippen MR) is 60.4 cm³/mol. The van der Waals surface area contributed by atoms with Gasteiger partial charge in [-0.05, 0) is 6.07 Å². The molecule has 2 aromatic rings. The summed E-state index contributed by atoms with van der Waals surface area (Å²) in [5.41, 5.74) is 1.63. The number of alkyl halides is 1. The van der Waals surface area contributed by atoms with E-state index < -0.39 is 0 Å². The molecule has 15 heavy (non-hydrogen) atoms. The minimum atomic E-state index is -0.174. The lowest BCUT2D eigenvalue weighted by molar-refractivity contribution is 0.599. The maximum absolute atomic E-state index is 13.3. The van der Waals surface area contributed by atoms with E-state index in [0.29, 0.717) is 12.1 Å². The molecule has 1 heterocycles. The van der Waals surface area contributed by atoms with E-state index in [4.69, 9.17) is 0 Å². The normalized spacial score (nSPS) is 10.5. The van der Waals surface area contributed by atoms with Crippen LogP contribution in [0.4, 0.5) is 4.39 Å². The summed E-state index contributed by atoms with van der Waals surface area (Å²) >= 11 is 3.32. The largest absolute Gasteiger partial charge is 0.333 e. The van der Waals surface area contributed by atoms with Crippen molar-refractivity contribution in [2.24, 2.45) is 0 Å². The predicted octanol–water partition coefficient (Wildman–Crippen LogP) is 2.97. The Hall–Kier alpha value is -1.16. The van der Waals surface area contributed by atoms with Gasteiger partial charge in [-0.1, -0.05) is 34.1 Å². The first-order valence-electron chi connectivity index (χ1n) is 4.59. The molecule has 0 aliphatic carbocycles. The SMILES string of the molecule is Fc1ccccc1Cn1cnc(CBr)c1. The molecule has 2 nitrogen and oxygen atoms in total. The molecular weight excluding hydrogens is 259 g/mol. The summed E-state index contributed by atoms with van der Waals surface area (Å²) in [4.78, 5) is 4.15. The van der Waals surface area contributed by atoms with Crippen LogP contribution < -0.4 is 0 Å². The van der Waals surface area contributed by atoms with Crippen LogP contribution in [0.15, 0.2) is 36.8 Å². The number of hydrogen-bond acceptors (Lipinski definition) is 1. The van der Waals surface area contributed by atoms with Gasteiger partial charge in [0.05, 0.1) is 18.6 Å². The van der Waals surface area contributed by atoms with Crippen LogP contribution in [0.5, 0.6) is 0 Å². The lowest BCUT2D eigenvalue weighted by atomic mass is 10.2. The van der Waals surface area contributed by atoms with Gasteiger partial charge in [0.2, 0.25) is 0 Å². The highest BCUT2D eigenvalue weighted by atomic mass is 79.9. The van der Waals surface area contributed by atoms with Crippen molar-refractivity contribution < 1.29 is 4.39 Å². The van der Waals surface area contributed by atoms with Gasteiger partial charge in [-0.3, -0.25) is 0 Å². The number of nitrogens with zero attached hydrogens (tertiary/aromatic N) is 2. The van der Waals surface area contributed by atoms with E-state index in [-0.39, 0.29) is 5.82 Å². The number of halogens is 2. The van der Waals surface area contributed by atoms with Crippen LogP contribution in [0, 0.1) is 5.82 Å². The molecule has 0 radical (unpaired) electrons. The fourth-order valence-corrected chi connectivity index (χ4v) is 1.67. The van der Waals surface area contributed by atoms with Gasteiger partial charge in [0.1, 0.15) is 5.82 Å². The Balaban J connectivity index is 2.18. The quantitative estimate of drug-likeness (QED) is 0.783. The highest BCUT2D eigenvalue weighted by Crippen LogP contribution is 2.09. The molecule has 4 heteroatoms. The minimum Gasteiger partial charge on any atom is -0.333 e. The van der Waals surface area contributed by atoms with E-state index in [1.165, 1.54) is 6.07 Å². The second-order valence-electron chi connectivity index (χ2n) is 3.26. The van der Waals surface area contributed by atoms with Crippen molar-refractivity contribution in [1.29, 1.82) is 0 Å². The smallest absolute Gasteiger partial charge is 0.128 e. The highest BCUT2D eigenvalue weighted by molar-refractivity contribution is 9.08. The number of hydrogen-bond donors (Lipinski definition) is 0. The summed E-state index contributed by atoms with van der Waals surface area (Å²) in [5, 5.41) is 0.720. The molecule has 78 valence electrons. The van der Waals surface area contributed by atoms with Crippen LogP contribution in [-0.2, 0) is 11.9 Å². The summed E-state index contributed by atoms with van der Waals surface area (Å²) in [5.74, 6) is -0.174. The molecule has 0 saturated heterocycles. The van der Waals surface area contributed by atoms with Gasteiger partial charge in [0.15, 0.2) is 0 Å². The van der Waals surface area contributed by atoms with E-state index in [1.54, 1.807) is 18.5 Å². The van der Waals surface area contributed by atoms with E-state index in [9.17, 15) is 4.39 Å². The monoisotopic (exact) mass is 268 g/mol. The standard InChI is InChI=1S/C11H10BrFN2/c12-5-10-7-15(8-14-10)6-9-3-1-2-4-11(9)13/h1-4,7-8H,5-6H2. The van der Waals surface area contributed by atoms with E-state index in [1.807, 2.05) is 16.8 Å². The molecule has 0 saturated carbocycles. The van der Waals surface area contributed by atoms with Crippen molar-refractivity contribution in [3.05, 3.63) is 53.9 Å². The fraction of sp³-hybridized carbons (Fsp3) is 0.182. The number of benzene rings is 1. The lowest BCUT2D eigenvalue weighted by Crippen LogP contribution is -1.98. The molecule has 0 aliphatic rings. The first-order chi connectivity index (χ1) is 7.29. The Morgan fingerprint density at radius 1 is 1.33 bits per heavy atom. The first-order valence-corrected chi connectivity index (χ1v) is 5.72. The van der Waals surface area contributed by atoms with Crippen LogP contribution >= 0.6 is 15.9 Å². The Kier molecular flexibility index (Phi) is 3.16. The van der Waals surface area contributed by atoms with E-state index in [0.717, 1.165) is 11.0 Å². The van der Waals surface area contributed by atoms with Gasteiger partial charge in [0, 0.05) is 17.1 Å². The minimum absolute atomic E-state index is 0.174. The summed E-state index contributed by atoms with van der Waals surface area (Å²) in [6, 6.07) is 6.78. The van der Waals surface area contributed by atoms with Gasteiger partial charge in [0.25, 0.3) is 0 Å². The van der Waals surface area contributed by atoms with Crippen LogP contribution in [-0.4, -0.2) is 9.55 Å². The molecule has 0 bridgehead atoms. The van der Waals surface area contributed by atoms with Crippen molar-refractivity contribution >= 4 is 15.9 Å². The molecule has 0 N–H and O–H groups in total. The zero-order valence-corrected chi connectivity index (χ0v) is 9.61. The van der Waals surface area contributed by atoms with E-state index >= 15 is 0 Å². The van der Waals surface area contributed by atoms with Crippen LogP contribution in [0.3, 0.4) is 0 Å². The average molecular weight is 269 g/mol. The van der Waals surface area contributed by atoms with Gasteiger partial charge < -0.3 is 4.57 Å². The van der Waals surface area contributed by atoms with Crippen LogP contribution in [0.1, 0.15) is 11.3 Å².